The Morgan fingerprint density at radius 2 is 1.62 bits per heavy atom. The number of hydrogen-bond donors (Lipinski definition) is 1. The molecule has 1 heterocycles. The third-order valence-electron chi connectivity index (χ3n) is 5.74. The van der Waals surface area contributed by atoms with E-state index in [4.69, 9.17) is 16.3 Å². The summed E-state index contributed by atoms with van der Waals surface area (Å²) in [7, 11) is 1.54. The van der Waals surface area contributed by atoms with Crippen LogP contribution in [-0.2, 0) is 9.59 Å². The third-order valence-corrected chi connectivity index (χ3v) is 5.97. The highest BCUT2D eigenvalue weighted by Crippen LogP contribution is 2.39. The Labute approximate surface area is 192 Å². The van der Waals surface area contributed by atoms with Crippen LogP contribution in [0.15, 0.2) is 66.4 Å². The summed E-state index contributed by atoms with van der Waals surface area (Å²) in [4.78, 5) is 28.6. The summed E-state index contributed by atoms with van der Waals surface area (Å²) in [6.45, 7) is 5.76. The molecule has 0 fully saturated rings. The average Bonchev–Trinajstić information content (AvgIpc) is 3.02. The van der Waals surface area contributed by atoms with Crippen molar-refractivity contribution in [1.29, 1.82) is 0 Å². The number of carbonyl (C=O) groups excluding carboxylic acids is 2. The van der Waals surface area contributed by atoms with Crippen LogP contribution in [0, 0.1) is 20.8 Å². The Bertz CT molecular complexity index is 1280. The monoisotopic (exact) mass is 446 g/mol. The quantitative estimate of drug-likeness (QED) is 0.513. The van der Waals surface area contributed by atoms with Gasteiger partial charge in [-0.15, -0.1) is 0 Å². The van der Waals surface area contributed by atoms with E-state index in [0.717, 1.165) is 16.7 Å². The number of anilines is 2. The van der Waals surface area contributed by atoms with Crippen LogP contribution in [0.3, 0.4) is 0 Å². The first-order valence-corrected chi connectivity index (χ1v) is 10.6. The van der Waals surface area contributed by atoms with Gasteiger partial charge in [0.05, 0.1) is 18.4 Å². The fourth-order valence-electron chi connectivity index (χ4n) is 3.81. The lowest BCUT2D eigenvalue weighted by Crippen LogP contribution is -2.33. The number of para-hydroxylation sites is 1. The molecule has 3 aromatic carbocycles. The lowest BCUT2D eigenvalue weighted by molar-refractivity contribution is -0.120. The zero-order valence-electron chi connectivity index (χ0n) is 18.3. The predicted molar refractivity (Wildman–Crippen MR) is 128 cm³/mol. The maximum Gasteiger partial charge on any atom is 0.282 e. The minimum absolute atomic E-state index is 0.186. The van der Waals surface area contributed by atoms with Gasteiger partial charge in [0, 0.05) is 16.3 Å². The zero-order valence-corrected chi connectivity index (χ0v) is 19.1. The number of rotatable bonds is 5. The van der Waals surface area contributed by atoms with E-state index in [2.05, 4.69) is 5.32 Å². The van der Waals surface area contributed by atoms with Gasteiger partial charge in [-0.3, -0.25) is 9.59 Å². The van der Waals surface area contributed by atoms with E-state index in [1.165, 1.54) is 12.0 Å². The molecule has 5 nitrogen and oxygen atoms in total. The van der Waals surface area contributed by atoms with E-state index < -0.39 is 11.8 Å². The first-order valence-electron chi connectivity index (χ1n) is 10.2. The van der Waals surface area contributed by atoms with Crippen LogP contribution in [-0.4, -0.2) is 18.9 Å². The first-order chi connectivity index (χ1) is 15.3. The number of halogens is 1. The number of hydrogen-bond acceptors (Lipinski definition) is 4. The second kappa shape index (κ2) is 8.52. The molecule has 0 bridgehead atoms. The Morgan fingerprint density at radius 3 is 2.38 bits per heavy atom. The summed E-state index contributed by atoms with van der Waals surface area (Å²) < 4.78 is 5.50. The summed E-state index contributed by atoms with van der Waals surface area (Å²) in [6, 6.07) is 18.1. The predicted octanol–water partition coefficient (Wildman–Crippen LogP) is 5.67. The van der Waals surface area contributed by atoms with E-state index >= 15 is 0 Å². The topological polar surface area (TPSA) is 58.6 Å². The lowest BCUT2D eigenvalue weighted by atomic mass is 10.0. The van der Waals surface area contributed by atoms with Gasteiger partial charge in [-0.2, -0.15) is 0 Å². The van der Waals surface area contributed by atoms with E-state index in [-0.39, 0.29) is 11.3 Å². The van der Waals surface area contributed by atoms with E-state index in [0.29, 0.717) is 27.7 Å². The summed E-state index contributed by atoms with van der Waals surface area (Å²) >= 11 is 6.19. The van der Waals surface area contributed by atoms with Crippen LogP contribution in [0.4, 0.5) is 11.4 Å². The molecule has 0 spiro atoms. The molecule has 0 radical (unpaired) electrons. The van der Waals surface area contributed by atoms with Crippen LogP contribution in [0.5, 0.6) is 5.75 Å². The number of benzene rings is 3. The van der Waals surface area contributed by atoms with Crippen LogP contribution in [0.25, 0.3) is 5.57 Å². The average molecular weight is 447 g/mol. The molecule has 4 rings (SSSR count). The highest BCUT2D eigenvalue weighted by atomic mass is 35.5. The normalized spacial score (nSPS) is 13.7. The summed E-state index contributed by atoms with van der Waals surface area (Å²) in [6.07, 6.45) is 0. The van der Waals surface area contributed by atoms with Gasteiger partial charge in [-0.25, -0.2) is 4.90 Å². The van der Waals surface area contributed by atoms with Gasteiger partial charge in [-0.1, -0.05) is 48.0 Å². The fraction of sp³-hybridized carbons (Fsp3) is 0.154. The number of methoxy groups -OCH3 is 1. The van der Waals surface area contributed by atoms with Gasteiger partial charge in [-0.05, 0) is 61.7 Å². The van der Waals surface area contributed by atoms with Gasteiger partial charge >= 0.3 is 0 Å². The Hall–Kier alpha value is -3.57. The van der Waals surface area contributed by atoms with Crippen LogP contribution < -0.4 is 15.0 Å². The van der Waals surface area contributed by atoms with E-state index in [1.807, 2.05) is 51.1 Å². The molecule has 0 aromatic heterocycles. The van der Waals surface area contributed by atoms with Gasteiger partial charge in [0.15, 0.2) is 0 Å². The van der Waals surface area contributed by atoms with E-state index in [9.17, 15) is 9.59 Å². The second-order valence-corrected chi connectivity index (χ2v) is 8.14. The van der Waals surface area contributed by atoms with Crippen LogP contribution >= 0.6 is 11.6 Å². The number of ether oxygens (including phenoxy) is 1. The molecule has 32 heavy (non-hydrogen) atoms. The molecule has 0 saturated carbocycles. The molecular formula is C26H23ClN2O3. The molecule has 0 aliphatic carbocycles. The number of nitrogens with one attached hydrogen (secondary N) is 1. The third kappa shape index (κ3) is 3.65. The minimum atomic E-state index is -0.427. The van der Waals surface area contributed by atoms with Crippen LogP contribution in [0.2, 0.25) is 5.02 Å². The second-order valence-electron chi connectivity index (χ2n) is 7.70. The molecule has 1 N–H and O–H groups in total. The van der Waals surface area contributed by atoms with Gasteiger partial charge in [0.2, 0.25) is 0 Å². The number of nitrogens with zero attached hydrogens (tertiary/aromatic N) is 1. The fourth-order valence-corrected chi connectivity index (χ4v) is 3.98. The highest BCUT2D eigenvalue weighted by molar-refractivity contribution is 6.46. The molecule has 1 aliphatic rings. The summed E-state index contributed by atoms with van der Waals surface area (Å²) in [5.41, 5.74) is 4.97. The summed E-state index contributed by atoms with van der Waals surface area (Å²) in [5.74, 6) is -0.326. The maximum absolute atomic E-state index is 13.7. The molecule has 3 aromatic rings. The minimum Gasteiger partial charge on any atom is -0.496 e. The Balaban J connectivity index is 1.92. The van der Waals surface area contributed by atoms with Crippen molar-refractivity contribution in [3.63, 3.8) is 0 Å². The van der Waals surface area contributed by atoms with Gasteiger partial charge < -0.3 is 10.1 Å². The smallest absolute Gasteiger partial charge is 0.282 e. The molecular weight excluding hydrogens is 424 g/mol. The zero-order chi connectivity index (χ0) is 23.0. The maximum atomic E-state index is 13.7. The lowest BCUT2D eigenvalue weighted by Gasteiger charge is -2.19. The number of amides is 2. The number of imide groups is 1. The van der Waals surface area contributed by atoms with Crippen molar-refractivity contribution in [2.45, 2.75) is 20.8 Å². The molecule has 0 unspecified atom stereocenters. The Kier molecular flexibility index (Phi) is 5.76. The van der Waals surface area contributed by atoms with E-state index in [1.54, 1.807) is 30.3 Å². The number of carbonyl (C=O) groups is 2. The van der Waals surface area contributed by atoms with Gasteiger partial charge in [0.25, 0.3) is 11.8 Å². The summed E-state index contributed by atoms with van der Waals surface area (Å²) in [5, 5.41) is 3.72. The highest BCUT2D eigenvalue weighted by Gasteiger charge is 2.42. The SMILES string of the molecule is COc1ccccc1C1=C(Nc2cc(Cl)ccc2C)C(=O)N(c2cccc(C)c2C)C1=O. The van der Waals surface area contributed by atoms with Crippen LogP contribution in [0.1, 0.15) is 22.3 Å². The molecule has 1 aliphatic heterocycles. The molecule has 6 heteroatoms. The first kappa shape index (κ1) is 21.7. The van der Waals surface area contributed by atoms with Crippen molar-refractivity contribution in [1.82, 2.24) is 0 Å². The molecule has 0 saturated heterocycles. The van der Waals surface area contributed by atoms with Crippen molar-refractivity contribution in [2.24, 2.45) is 0 Å². The standard InChI is InChI=1S/C26H23ClN2O3/c1-15-8-7-10-21(17(15)3)29-25(30)23(19-9-5-6-11-22(19)32-4)24(26(29)31)28-20-14-18(27)13-12-16(20)2/h5-14,28H,1-4H3. The number of aryl methyl sites for hydroxylation is 2. The van der Waals surface area contributed by atoms with Gasteiger partial charge in [0.1, 0.15) is 11.4 Å². The largest absolute Gasteiger partial charge is 0.496 e. The molecule has 2 amide bonds. The van der Waals surface area contributed by atoms with Crippen molar-refractivity contribution in [3.8, 4) is 5.75 Å². The Morgan fingerprint density at radius 1 is 0.875 bits per heavy atom. The van der Waals surface area contributed by atoms with Crippen molar-refractivity contribution in [3.05, 3.63) is 93.6 Å². The van der Waals surface area contributed by atoms with Crippen molar-refractivity contribution in [2.75, 3.05) is 17.3 Å². The molecule has 0 atom stereocenters. The van der Waals surface area contributed by atoms with Crippen molar-refractivity contribution >= 4 is 40.4 Å². The van der Waals surface area contributed by atoms with Crippen molar-refractivity contribution < 1.29 is 14.3 Å². The molecule has 162 valence electrons.